The topological polar surface area (TPSA) is 47.4 Å². The first-order chi connectivity index (χ1) is 8.29. The van der Waals surface area contributed by atoms with Gasteiger partial charge in [-0.05, 0) is 56.7 Å². The van der Waals surface area contributed by atoms with Gasteiger partial charge in [-0.3, -0.25) is 4.90 Å². The highest BCUT2D eigenvalue weighted by atomic mass is 127. The molecular formula is C12H18IN3O2. The van der Waals surface area contributed by atoms with Gasteiger partial charge in [0, 0.05) is 6.54 Å². The van der Waals surface area contributed by atoms with Gasteiger partial charge in [0.1, 0.15) is 11.4 Å². The molecule has 5 nitrogen and oxygen atoms in total. The highest BCUT2D eigenvalue weighted by Gasteiger charge is 2.32. The molecule has 1 amide bonds. The predicted octanol–water partition coefficient (Wildman–Crippen LogP) is 3.19. The van der Waals surface area contributed by atoms with Crippen LogP contribution in [0.5, 0.6) is 0 Å². The molecule has 2 heterocycles. The monoisotopic (exact) mass is 363 g/mol. The summed E-state index contributed by atoms with van der Waals surface area (Å²) in [5.74, 6) is 0.851. The Kier molecular flexibility index (Phi) is 3.57. The molecule has 6 heteroatoms. The van der Waals surface area contributed by atoms with E-state index in [0.717, 1.165) is 15.8 Å². The van der Waals surface area contributed by atoms with Gasteiger partial charge in [-0.25, -0.2) is 9.48 Å². The van der Waals surface area contributed by atoms with E-state index in [0.29, 0.717) is 12.6 Å². The summed E-state index contributed by atoms with van der Waals surface area (Å²) in [5.41, 5.74) is -0.476. The smallest absolute Gasteiger partial charge is 0.416 e. The van der Waals surface area contributed by atoms with E-state index in [2.05, 4.69) is 34.6 Å². The van der Waals surface area contributed by atoms with Gasteiger partial charge in [-0.1, -0.05) is 0 Å². The number of ether oxygens (including phenoxy) is 1. The van der Waals surface area contributed by atoms with E-state index in [4.69, 9.17) is 4.74 Å². The number of carbonyl (C=O) groups is 1. The molecule has 1 atom stereocenters. The summed E-state index contributed by atoms with van der Waals surface area (Å²) in [6.45, 7) is 8.41. The van der Waals surface area contributed by atoms with Crippen molar-refractivity contribution in [3.05, 3.63) is 9.77 Å². The minimum Gasteiger partial charge on any atom is -0.443 e. The van der Waals surface area contributed by atoms with Crippen LogP contribution in [0.4, 0.5) is 10.6 Å². The second-order valence-corrected chi connectivity index (χ2v) is 6.69. The van der Waals surface area contributed by atoms with Crippen molar-refractivity contribution in [3.8, 4) is 0 Å². The lowest BCUT2D eigenvalue weighted by atomic mass is 10.2. The molecule has 0 aliphatic carbocycles. The summed E-state index contributed by atoms with van der Waals surface area (Å²) in [6, 6.07) is 0.321. The zero-order valence-electron chi connectivity index (χ0n) is 11.1. The third-order valence-corrected chi connectivity index (χ3v) is 3.54. The first kappa shape index (κ1) is 13.6. The molecule has 1 aliphatic heterocycles. The van der Waals surface area contributed by atoms with Crippen molar-refractivity contribution in [2.45, 2.75) is 45.8 Å². The third kappa shape index (κ3) is 2.62. The number of aromatic nitrogens is 2. The largest absolute Gasteiger partial charge is 0.443 e. The maximum absolute atomic E-state index is 12.2. The maximum atomic E-state index is 12.2. The molecule has 1 unspecified atom stereocenters. The van der Waals surface area contributed by atoms with E-state index in [1.165, 1.54) is 0 Å². The number of carbonyl (C=O) groups excluding carboxylic acids is 1. The Labute approximate surface area is 121 Å². The van der Waals surface area contributed by atoms with Gasteiger partial charge in [0.15, 0.2) is 0 Å². The molecule has 1 aromatic heterocycles. The second-order valence-electron chi connectivity index (χ2n) is 5.53. The molecule has 1 aromatic rings. The van der Waals surface area contributed by atoms with Crippen molar-refractivity contribution < 1.29 is 9.53 Å². The summed E-state index contributed by atoms with van der Waals surface area (Å²) in [5, 5.41) is 4.33. The molecule has 0 saturated heterocycles. The van der Waals surface area contributed by atoms with E-state index >= 15 is 0 Å². The average molecular weight is 363 g/mol. The maximum Gasteiger partial charge on any atom is 0.416 e. The Balaban J connectivity index is 2.28. The van der Waals surface area contributed by atoms with Crippen LogP contribution in [0.2, 0.25) is 0 Å². The van der Waals surface area contributed by atoms with Gasteiger partial charge < -0.3 is 4.74 Å². The van der Waals surface area contributed by atoms with Crippen LogP contribution < -0.4 is 4.90 Å². The average Bonchev–Trinajstić information content (AvgIpc) is 2.60. The SMILES string of the molecule is CC1CCN(C(=O)OC(C)(C)C)c2c(I)cnn21. The summed E-state index contributed by atoms with van der Waals surface area (Å²) >= 11 is 2.20. The molecule has 0 saturated carbocycles. The zero-order valence-corrected chi connectivity index (χ0v) is 13.3. The van der Waals surface area contributed by atoms with Gasteiger partial charge in [-0.2, -0.15) is 5.10 Å². The van der Waals surface area contributed by atoms with E-state index in [-0.39, 0.29) is 6.09 Å². The first-order valence-corrected chi connectivity index (χ1v) is 7.11. The number of halogens is 1. The molecular weight excluding hydrogens is 345 g/mol. The van der Waals surface area contributed by atoms with Crippen molar-refractivity contribution in [3.63, 3.8) is 0 Å². The molecule has 100 valence electrons. The fourth-order valence-corrected chi connectivity index (χ4v) is 2.61. The quantitative estimate of drug-likeness (QED) is 0.665. The van der Waals surface area contributed by atoms with E-state index in [1.807, 2.05) is 25.5 Å². The van der Waals surface area contributed by atoms with Crippen molar-refractivity contribution >= 4 is 34.5 Å². The lowest BCUT2D eigenvalue weighted by Crippen LogP contribution is -2.42. The number of fused-ring (bicyclic) bond motifs is 1. The van der Waals surface area contributed by atoms with Crippen LogP contribution >= 0.6 is 22.6 Å². The lowest BCUT2D eigenvalue weighted by Gasteiger charge is -2.33. The molecule has 0 fully saturated rings. The van der Waals surface area contributed by atoms with E-state index in [9.17, 15) is 4.79 Å². The normalized spacial score (nSPS) is 19.6. The van der Waals surface area contributed by atoms with Crippen molar-refractivity contribution in [2.24, 2.45) is 0 Å². The van der Waals surface area contributed by atoms with Crippen LogP contribution in [0.15, 0.2) is 6.20 Å². The highest BCUT2D eigenvalue weighted by Crippen LogP contribution is 2.32. The number of amides is 1. The summed E-state index contributed by atoms with van der Waals surface area (Å²) in [4.78, 5) is 13.9. The Bertz CT molecular complexity index is 464. The van der Waals surface area contributed by atoms with Crippen molar-refractivity contribution in [1.82, 2.24) is 9.78 Å². The van der Waals surface area contributed by atoms with Gasteiger partial charge in [0.2, 0.25) is 0 Å². The molecule has 0 bridgehead atoms. The highest BCUT2D eigenvalue weighted by molar-refractivity contribution is 14.1. The molecule has 0 radical (unpaired) electrons. The summed E-state index contributed by atoms with van der Waals surface area (Å²) in [6.07, 6.45) is 2.38. The minimum atomic E-state index is -0.476. The fraction of sp³-hybridized carbons (Fsp3) is 0.667. The molecule has 0 spiro atoms. The minimum absolute atomic E-state index is 0.297. The summed E-state index contributed by atoms with van der Waals surface area (Å²) < 4.78 is 8.31. The molecule has 0 N–H and O–H groups in total. The van der Waals surface area contributed by atoms with E-state index < -0.39 is 5.60 Å². The van der Waals surface area contributed by atoms with Gasteiger partial charge in [0.25, 0.3) is 0 Å². The number of nitrogens with zero attached hydrogens (tertiary/aromatic N) is 3. The van der Waals surface area contributed by atoms with Crippen LogP contribution in [-0.2, 0) is 4.74 Å². The standard InChI is InChI=1S/C12H18IN3O2/c1-8-5-6-15(11(17)18-12(2,3)4)10-9(13)7-14-16(8)10/h7-8H,5-6H2,1-4H3. The predicted molar refractivity (Wildman–Crippen MR) is 77.9 cm³/mol. The first-order valence-electron chi connectivity index (χ1n) is 6.03. The van der Waals surface area contributed by atoms with Crippen LogP contribution in [-0.4, -0.2) is 28.0 Å². The number of hydrogen-bond donors (Lipinski definition) is 0. The lowest BCUT2D eigenvalue weighted by molar-refractivity contribution is 0.0570. The zero-order chi connectivity index (χ0) is 13.5. The third-order valence-electron chi connectivity index (χ3n) is 2.78. The number of rotatable bonds is 0. The Morgan fingerprint density at radius 2 is 2.22 bits per heavy atom. The summed E-state index contributed by atoms with van der Waals surface area (Å²) in [7, 11) is 0. The van der Waals surface area contributed by atoms with Gasteiger partial charge >= 0.3 is 6.09 Å². The van der Waals surface area contributed by atoms with Crippen LogP contribution in [0.25, 0.3) is 0 Å². The fourth-order valence-electron chi connectivity index (χ4n) is 1.95. The molecule has 2 rings (SSSR count). The Morgan fingerprint density at radius 3 is 2.83 bits per heavy atom. The number of hydrogen-bond acceptors (Lipinski definition) is 3. The molecule has 18 heavy (non-hydrogen) atoms. The van der Waals surface area contributed by atoms with Gasteiger partial charge in [0.05, 0.1) is 15.8 Å². The van der Waals surface area contributed by atoms with Crippen LogP contribution in [0.3, 0.4) is 0 Å². The van der Waals surface area contributed by atoms with Crippen LogP contribution in [0, 0.1) is 3.57 Å². The Hall–Kier alpha value is -0.790. The van der Waals surface area contributed by atoms with Gasteiger partial charge in [-0.15, -0.1) is 0 Å². The Morgan fingerprint density at radius 1 is 1.56 bits per heavy atom. The van der Waals surface area contributed by atoms with Crippen molar-refractivity contribution in [2.75, 3.05) is 11.4 Å². The molecule has 0 aromatic carbocycles. The number of anilines is 1. The second kappa shape index (κ2) is 4.71. The van der Waals surface area contributed by atoms with E-state index in [1.54, 1.807) is 11.1 Å². The molecule has 1 aliphatic rings. The van der Waals surface area contributed by atoms with Crippen LogP contribution in [0.1, 0.15) is 40.2 Å². The van der Waals surface area contributed by atoms with Crippen molar-refractivity contribution in [1.29, 1.82) is 0 Å².